The highest BCUT2D eigenvalue weighted by atomic mass is 15.1. The first kappa shape index (κ1) is 15.2. The van der Waals surface area contributed by atoms with Gasteiger partial charge in [0, 0.05) is 24.8 Å². The number of benzene rings is 1. The number of aryl methyl sites for hydroxylation is 2. The number of hydrogen-bond donors (Lipinski definition) is 1. The Bertz CT molecular complexity index is 792. The Hall–Kier alpha value is -2.69. The van der Waals surface area contributed by atoms with Gasteiger partial charge in [-0.25, -0.2) is 15.0 Å². The van der Waals surface area contributed by atoms with E-state index in [2.05, 4.69) is 38.7 Å². The van der Waals surface area contributed by atoms with E-state index in [9.17, 15) is 0 Å². The minimum atomic E-state index is 0.593. The highest BCUT2D eigenvalue weighted by Crippen LogP contribution is 2.24. The molecule has 0 aliphatic carbocycles. The average molecular weight is 307 g/mol. The van der Waals surface area contributed by atoms with Crippen LogP contribution in [0, 0.1) is 6.92 Å². The lowest BCUT2D eigenvalue weighted by molar-refractivity contribution is 0.710. The summed E-state index contributed by atoms with van der Waals surface area (Å²) in [4.78, 5) is 13.7. The van der Waals surface area contributed by atoms with Crippen LogP contribution in [0.4, 0.5) is 11.6 Å². The van der Waals surface area contributed by atoms with Gasteiger partial charge in [-0.3, -0.25) is 0 Å². The largest absolute Gasteiger partial charge is 0.327 e. The minimum Gasteiger partial charge on any atom is -0.327 e. The minimum absolute atomic E-state index is 0.593. The highest BCUT2D eigenvalue weighted by molar-refractivity contribution is 5.61. The van der Waals surface area contributed by atoms with Crippen molar-refractivity contribution in [3.8, 4) is 11.4 Å². The van der Waals surface area contributed by atoms with E-state index >= 15 is 0 Å². The van der Waals surface area contributed by atoms with Crippen LogP contribution in [0.25, 0.3) is 11.4 Å². The molecule has 0 amide bonds. The summed E-state index contributed by atoms with van der Waals surface area (Å²) < 4.78 is 2.23. The molecule has 0 aliphatic rings. The van der Waals surface area contributed by atoms with Crippen LogP contribution < -0.4 is 5.32 Å². The zero-order valence-corrected chi connectivity index (χ0v) is 13.7. The Morgan fingerprint density at radius 3 is 2.52 bits per heavy atom. The quantitative estimate of drug-likeness (QED) is 0.775. The Balaban J connectivity index is 1.99. The van der Waals surface area contributed by atoms with E-state index in [0.29, 0.717) is 5.95 Å². The molecule has 1 N–H and O–H groups in total. The molecule has 0 saturated heterocycles. The van der Waals surface area contributed by atoms with Gasteiger partial charge in [0.25, 0.3) is 0 Å². The summed E-state index contributed by atoms with van der Waals surface area (Å²) in [5.74, 6) is 1.69. The second-order valence-corrected chi connectivity index (χ2v) is 5.32. The third kappa shape index (κ3) is 3.08. The summed E-state index contributed by atoms with van der Waals surface area (Å²) in [5.41, 5.74) is 3.94. The first-order valence-corrected chi connectivity index (χ1v) is 7.94. The Labute approximate surface area is 136 Å². The van der Waals surface area contributed by atoms with Crippen molar-refractivity contribution >= 4 is 11.6 Å². The van der Waals surface area contributed by atoms with Crippen molar-refractivity contribution < 1.29 is 0 Å². The molecule has 1 aromatic carbocycles. The van der Waals surface area contributed by atoms with Gasteiger partial charge >= 0.3 is 0 Å². The summed E-state index contributed by atoms with van der Waals surface area (Å²) in [5, 5.41) is 3.24. The maximum absolute atomic E-state index is 4.67. The number of aromatic nitrogens is 4. The van der Waals surface area contributed by atoms with Crippen LogP contribution in [0.5, 0.6) is 0 Å². The third-order valence-corrected chi connectivity index (χ3v) is 3.78. The molecular weight excluding hydrogens is 286 g/mol. The van der Waals surface area contributed by atoms with Gasteiger partial charge in [-0.2, -0.15) is 0 Å². The summed E-state index contributed by atoms with van der Waals surface area (Å²) >= 11 is 0. The van der Waals surface area contributed by atoms with Gasteiger partial charge in [0.05, 0.1) is 17.1 Å². The van der Waals surface area contributed by atoms with Crippen LogP contribution in [-0.4, -0.2) is 19.5 Å². The van der Waals surface area contributed by atoms with E-state index in [0.717, 1.165) is 41.6 Å². The van der Waals surface area contributed by atoms with Crippen molar-refractivity contribution in [1.29, 1.82) is 0 Å². The molecule has 0 bridgehead atoms. The molecule has 0 atom stereocenters. The second-order valence-electron chi connectivity index (χ2n) is 5.32. The molecule has 0 saturated carbocycles. The Morgan fingerprint density at radius 1 is 1.04 bits per heavy atom. The number of hydrogen-bond acceptors (Lipinski definition) is 4. The van der Waals surface area contributed by atoms with Crippen molar-refractivity contribution in [3.63, 3.8) is 0 Å². The van der Waals surface area contributed by atoms with E-state index in [1.54, 1.807) is 6.20 Å². The van der Waals surface area contributed by atoms with E-state index in [1.807, 2.05) is 43.3 Å². The summed E-state index contributed by atoms with van der Waals surface area (Å²) in [6.07, 6.45) is 2.69. The van der Waals surface area contributed by atoms with Crippen molar-refractivity contribution in [3.05, 3.63) is 54.1 Å². The van der Waals surface area contributed by atoms with Gasteiger partial charge < -0.3 is 9.88 Å². The average Bonchev–Trinajstić information content (AvgIpc) is 2.91. The number of nitrogens with zero attached hydrogens (tertiary/aromatic N) is 4. The molecule has 0 aliphatic heterocycles. The van der Waals surface area contributed by atoms with Crippen molar-refractivity contribution in [2.45, 2.75) is 33.7 Å². The number of rotatable bonds is 5. The van der Waals surface area contributed by atoms with Crippen LogP contribution >= 0.6 is 0 Å². The fourth-order valence-electron chi connectivity index (χ4n) is 2.77. The first-order chi connectivity index (χ1) is 11.2. The smallest absolute Gasteiger partial charge is 0.227 e. The summed E-state index contributed by atoms with van der Waals surface area (Å²) in [6.45, 7) is 7.17. The van der Waals surface area contributed by atoms with Crippen LogP contribution in [0.15, 0.2) is 42.6 Å². The lowest BCUT2D eigenvalue weighted by Crippen LogP contribution is -2.04. The van der Waals surface area contributed by atoms with Crippen LogP contribution in [0.1, 0.15) is 25.4 Å². The summed E-state index contributed by atoms with van der Waals surface area (Å²) in [7, 11) is 0. The van der Waals surface area contributed by atoms with Crippen molar-refractivity contribution in [2.75, 3.05) is 5.32 Å². The molecular formula is C18H21N5. The van der Waals surface area contributed by atoms with E-state index in [-0.39, 0.29) is 0 Å². The van der Waals surface area contributed by atoms with E-state index in [4.69, 9.17) is 0 Å². The van der Waals surface area contributed by atoms with Crippen LogP contribution in [0.3, 0.4) is 0 Å². The normalized spacial score (nSPS) is 10.7. The lowest BCUT2D eigenvalue weighted by Gasteiger charge is -2.10. The molecule has 2 heterocycles. The zero-order valence-electron chi connectivity index (χ0n) is 13.7. The molecule has 0 fully saturated rings. The van der Waals surface area contributed by atoms with Gasteiger partial charge in [0.2, 0.25) is 5.95 Å². The van der Waals surface area contributed by atoms with Crippen LogP contribution in [-0.2, 0) is 13.0 Å². The molecule has 5 nitrogen and oxygen atoms in total. The molecule has 0 unspecified atom stereocenters. The Kier molecular flexibility index (Phi) is 4.37. The van der Waals surface area contributed by atoms with Gasteiger partial charge in [-0.1, -0.05) is 25.1 Å². The maximum atomic E-state index is 4.67. The molecule has 2 aromatic heterocycles. The standard InChI is InChI=1S/C18H21N5/c1-4-16-20-13(3)17(23(16)5-2)15-11-12-19-18(22-15)21-14-9-7-6-8-10-14/h6-12H,4-5H2,1-3H3,(H,19,21,22). The maximum Gasteiger partial charge on any atom is 0.227 e. The highest BCUT2D eigenvalue weighted by Gasteiger charge is 2.15. The number of anilines is 2. The van der Waals surface area contributed by atoms with Crippen molar-refractivity contribution in [2.24, 2.45) is 0 Å². The molecule has 3 rings (SSSR count). The van der Waals surface area contributed by atoms with E-state index in [1.165, 1.54) is 0 Å². The topological polar surface area (TPSA) is 55.6 Å². The number of para-hydroxylation sites is 1. The molecule has 0 radical (unpaired) electrons. The monoisotopic (exact) mass is 307 g/mol. The second kappa shape index (κ2) is 6.60. The SMILES string of the molecule is CCc1nc(C)c(-c2ccnc(Nc3ccccc3)n2)n1CC. The number of nitrogens with one attached hydrogen (secondary N) is 1. The van der Waals surface area contributed by atoms with Gasteiger partial charge in [0.1, 0.15) is 5.82 Å². The lowest BCUT2D eigenvalue weighted by atomic mass is 10.2. The fraction of sp³-hybridized carbons (Fsp3) is 0.278. The summed E-state index contributed by atoms with van der Waals surface area (Å²) in [6, 6.07) is 11.9. The first-order valence-electron chi connectivity index (χ1n) is 7.94. The Morgan fingerprint density at radius 2 is 1.83 bits per heavy atom. The number of imidazole rings is 1. The molecule has 3 aromatic rings. The molecule has 5 heteroatoms. The van der Waals surface area contributed by atoms with Gasteiger partial charge in [0.15, 0.2) is 0 Å². The predicted molar refractivity (Wildman–Crippen MR) is 92.8 cm³/mol. The van der Waals surface area contributed by atoms with Gasteiger partial charge in [-0.15, -0.1) is 0 Å². The van der Waals surface area contributed by atoms with E-state index < -0.39 is 0 Å². The fourth-order valence-corrected chi connectivity index (χ4v) is 2.77. The van der Waals surface area contributed by atoms with Crippen LogP contribution in [0.2, 0.25) is 0 Å². The molecule has 23 heavy (non-hydrogen) atoms. The predicted octanol–water partition coefficient (Wildman–Crippen LogP) is 3.97. The van der Waals surface area contributed by atoms with Gasteiger partial charge in [-0.05, 0) is 32.0 Å². The third-order valence-electron chi connectivity index (χ3n) is 3.78. The molecule has 0 spiro atoms. The van der Waals surface area contributed by atoms with Crippen molar-refractivity contribution in [1.82, 2.24) is 19.5 Å². The zero-order chi connectivity index (χ0) is 16.2. The molecule has 118 valence electrons.